The lowest BCUT2D eigenvalue weighted by molar-refractivity contribution is -0.375. The molecule has 136 valence electrons. The Bertz CT molecular complexity index is 920. The average molecular weight is 371 g/mol. The first-order chi connectivity index (χ1) is 12.1. The molecule has 0 aliphatic heterocycles. The Kier molecular flexibility index (Phi) is 4.18. The number of hydrogen-bond acceptors (Lipinski definition) is 2. The molecule has 0 spiro atoms. The first kappa shape index (κ1) is 18.2. The maximum atomic E-state index is 13.4. The lowest BCUT2D eigenvalue weighted by Gasteiger charge is -2.33. The second-order valence-electron chi connectivity index (χ2n) is 5.64. The Labute approximate surface area is 143 Å². The van der Waals surface area contributed by atoms with Gasteiger partial charge in [-0.2, -0.15) is 26.3 Å². The van der Waals surface area contributed by atoms with Crippen molar-refractivity contribution in [3.63, 3.8) is 0 Å². The molecule has 2 aromatic carbocycles. The smallest absolute Gasteiger partial charge is 0.369 e. The Balaban J connectivity index is 2.41. The van der Waals surface area contributed by atoms with Gasteiger partial charge in [0, 0.05) is 16.5 Å². The summed E-state index contributed by atoms with van der Waals surface area (Å²) in [4.78, 5) is 4.14. The van der Waals surface area contributed by atoms with Gasteiger partial charge in [-0.15, -0.1) is 0 Å². The number of hydrogen-bond donors (Lipinski definition) is 1. The van der Waals surface area contributed by atoms with Gasteiger partial charge in [0.1, 0.15) is 0 Å². The minimum Gasteiger partial charge on any atom is -0.369 e. The van der Waals surface area contributed by atoms with Crippen LogP contribution < -0.4 is 0 Å². The van der Waals surface area contributed by atoms with Crippen LogP contribution in [-0.4, -0.2) is 22.4 Å². The molecule has 3 aromatic rings. The summed E-state index contributed by atoms with van der Waals surface area (Å²) in [6.07, 6.45) is -11.9. The third-order valence-corrected chi connectivity index (χ3v) is 4.00. The number of benzene rings is 2. The highest BCUT2D eigenvalue weighted by molar-refractivity contribution is 5.86. The fraction of sp³-hybridized carbons (Fsp3) is 0.167. The number of para-hydroxylation sites is 1. The molecule has 1 N–H and O–H groups in total. The molecule has 0 amide bonds. The van der Waals surface area contributed by atoms with Crippen molar-refractivity contribution in [3.05, 3.63) is 66.2 Å². The lowest BCUT2D eigenvalue weighted by atomic mass is 9.88. The summed E-state index contributed by atoms with van der Waals surface area (Å²) in [5, 5.41) is 9.42. The van der Waals surface area contributed by atoms with Crippen LogP contribution in [0.4, 0.5) is 26.3 Å². The van der Waals surface area contributed by atoms with Crippen molar-refractivity contribution < 1.29 is 31.4 Å². The van der Waals surface area contributed by atoms with E-state index in [1.165, 1.54) is 30.3 Å². The van der Waals surface area contributed by atoms with Crippen molar-refractivity contribution in [2.45, 2.75) is 18.0 Å². The van der Waals surface area contributed by atoms with Crippen molar-refractivity contribution in [1.29, 1.82) is 0 Å². The molecule has 1 heterocycles. The predicted molar refractivity (Wildman–Crippen MR) is 83.2 cm³/mol. The molecule has 0 atom stereocenters. The van der Waals surface area contributed by atoms with E-state index in [4.69, 9.17) is 0 Å². The standard InChI is InChI=1S/C18H11F6NO/c19-17(20,21)16(26,18(22,23)24)13-10-15(11-6-2-1-3-7-11)25-14-9-5-4-8-12(13)14/h1-10,26H. The van der Waals surface area contributed by atoms with Gasteiger partial charge in [0.25, 0.3) is 5.60 Å². The molecule has 0 bridgehead atoms. The van der Waals surface area contributed by atoms with E-state index in [-0.39, 0.29) is 11.2 Å². The van der Waals surface area contributed by atoms with Crippen LogP contribution in [-0.2, 0) is 5.60 Å². The van der Waals surface area contributed by atoms with Gasteiger partial charge in [0.15, 0.2) is 0 Å². The van der Waals surface area contributed by atoms with E-state index >= 15 is 0 Å². The largest absolute Gasteiger partial charge is 0.430 e. The van der Waals surface area contributed by atoms with Gasteiger partial charge in [-0.05, 0) is 12.1 Å². The summed E-state index contributed by atoms with van der Waals surface area (Å²) >= 11 is 0. The van der Waals surface area contributed by atoms with Gasteiger partial charge in [-0.1, -0.05) is 48.5 Å². The van der Waals surface area contributed by atoms with Crippen molar-refractivity contribution in [2.75, 3.05) is 0 Å². The summed E-state index contributed by atoms with van der Waals surface area (Å²) in [5.74, 6) is 0. The SMILES string of the molecule is OC(c1cc(-c2ccccc2)nc2ccccc12)(C(F)(F)F)C(F)(F)F. The normalized spacial score (nSPS) is 13.2. The number of aromatic nitrogens is 1. The molecule has 0 unspecified atom stereocenters. The van der Waals surface area contributed by atoms with Gasteiger partial charge in [-0.3, -0.25) is 0 Å². The van der Waals surface area contributed by atoms with Crippen molar-refractivity contribution in [3.8, 4) is 11.3 Å². The Morgan fingerprint density at radius 2 is 1.27 bits per heavy atom. The highest BCUT2D eigenvalue weighted by atomic mass is 19.4. The Morgan fingerprint density at radius 1 is 0.731 bits per heavy atom. The van der Waals surface area contributed by atoms with Gasteiger partial charge in [-0.25, -0.2) is 4.98 Å². The third kappa shape index (κ3) is 2.80. The van der Waals surface area contributed by atoms with E-state index in [2.05, 4.69) is 4.98 Å². The van der Waals surface area contributed by atoms with E-state index in [0.29, 0.717) is 11.6 Å². The Morgan fingerprint density at radius 3 is 1.85 bits per heavy atom. The molecular formula is C18H11F6NO. The minimum atomic E-state index is -5.97. The predicted octanol–water partition coefficient (Wildman–Crippen LogP) is 5.21. The van der Waals surface area contributed by atoms with Crippen molar-refractivity contribution in [2.24, 2.45) is 0 Å². The number of halogens is 6. The molecule has 3 rings (SSSR count). The minimum absolute atomic E-state index is 0.0872. The second kappa shape index (κ2) is 5.98. The fourth-order valence-electron chi connectivity index (χ4n) is 2.70. The quantitative estimate of drug-likeness (QED) is 0.627. The molecule has 0 saturated heterocycles. The molecule has 1 aromatic heterocycles. The number of aliphatic hydroxyl groups is 1. The Hall–Kier alpha value is -2.61. The molecule has 0 aliphatic rings. The van der Waals surface area contributed by atoms with E-state index in [1.54, 1.807) is 18.2 Å². The number of fused-ring (bicyclic) bond motifs is 1. The molecule has 2 nitrogen and oxygen atoms in total. The van der Waals surface area contributed by atoms with Crippen LogP contribution in [0.3, 0.4) is 0 Å². The van der Waals surface area contributed by atoms with Gasteiger partial charge in [0.05, 0.1) is 11.2 Å². The van der Waals surface area contributed by atoms with Crippen molar-refractivity contribution >= 4 is 10.9 Å². The number of alkyl halides is 6. The van der Waals surface area contributed by atoms with Crippen LogP contribution in [0.25, 0.3) is 22.2 Å². The number of rotatable bonds is 2. The zero-order valence-electron chi connectivity index (χ0n) is 12.9. The lowest BCUT2D eigenvalue weighted by Crippen LogP contribution is -2.54. The molecule has 0 aliphatic carbocycles. The van der Waals surface area contributed by atoms with E-state index in [1.807, 2.05) is 0 Å². The number of nitrogens with zero attached hydrogens (tertiary/aromatic N) is 1. The third-order valence-electron chi connectivity index (χ3n) is 4.00. The van der Waals surface area contributed by atoms with E-state index in [9.17, 15) is 31.4 Å². The van der Waals surface area contributed by atoms with Crippen LogP contribution >= 0.6 is 0 Å². The van der Waals surface area contributed by atoms with Crippen molar-refractivity contribution in [1.82, 2.24) is 4.98 Å². The molecule has 8 heteroatoms. The zero-order chi connectivity index (χ0) is 19.2. The van der Waals surface area contributed by atoms with Crippen LogP contribution in [0.15, 0.2) is 60.7 Å². The molecule has 0 fully saturated rings. The van der Waals surface area contributed by atoms with Gasteiger partial charge >= 0.3 is 12.4 Å². The van der Waals surface area contributed by atoms with Crippen LogP contribution in [0.2, 0.25) is 0 Å². The van der Waals surface area contributed by atoms with Crippen LogP contribution in [0.1, 0.15) is 5.56 Å². The summed E-state index contributed by atoms with van der Waals surface area (Å²) in [5.41, 5.74) is -6.19. The highest BCUT2D eigenvalue weighted by Crippen LogP contribution is 2.52. The fourth-order valence-corrected chi connectivity index (χ4v) is 2.70. The summed E-state index contributed by atoms with van der Waals surface area (Å²) < 4.78 is 80.1. The molecule has 26 heavy (non-hydrogen) atoms. The maximum Gasteiger partial charge on any atom is 0.430 e. The summed E-state index contributed by atoms with van der Waals surface area (Å²) in [6, 6.07) is 13.5. The topological polar surface area (TPSA) is 33.1 Å². The van der Waals surface area contributed by atoms with Gasteiger partial charge < -0.3 is 5.11 Å². The molecule has 0 radical (unpaired) electrons. The molecular weight excluding hydrogens is 360 g/mol. The second-order valence-corrected chi connectivity index (χ2v) is 5.64. The zero-order valence-corrected chi connectivity index (χ0v) is 12.9. The van der Waals surface area contributed by atoms with Gasteiger partial charge in [0.2, 0.25) is 0 Å². The maximum absolute atomic E-state index is 13.4. The highest BCUT2D eigenvalue weighted by Gasteiger charge is 2.71. The monoisotopic (exact) mass is 371 g/mol. The van der Waals surface area contributed by atoms with E-state index in [0.717, 1.165) is 6.07 Å². The average Bonchev–Trinajstić information content (AvgIpc) is 2.59. The molecule has 0 saturated carbocycles. The van der Waals surface area contributed by atoms with E-state index < -0.39 is 28.9 Å². The first-order valence-corrected chi connectivity index (χ1v) is 7.37. The number of pyridine rings is 1. The van der Waals surface area contributed by atoms with Crippen LogP contribution in [0.5, 0.6) is 0 Å². The first-order valence-electron chi connectivity index (χ1n) is 7.37. The summed E-state index contributed by atoms with van der Waals surface area (Å²) in [6.45, 7) is 0. The van der Waals surface area contributed by atoms with Crippen LogP contribution in [0, 0.1) is 0 Å². The summed E-state index contributed by atoms with van der Waals surface area (Å²) in [7, 11) is 0.